The van der Waals surface area contributed by atoms with Crippen LogP contribution in [0.5, 0.6) is 0 Å². The summed E-state index contributed by atoms with van der Waals surface area (Å²) in [5.74, 6) is -0.575. The van der Waals surface area contributed by atoms with Crippen molar-refractivity contribution in [2.24, 2.45) is 5.41 Å². The van der Waals surface area contributed by atoms with Gasteiger partial charge in [-0.3, -0.25) is 4.79 Å². The summed E-state index contributed by atoms with van der Waals surface area (Å²) in [6.45, 7) is 12.2. The van der Waals surface area contributed by atoms with Crippen LogP contribution in [-0.2, 0) is 22.4 Å². The van der Waals surface area contributed by atoms with Crippen LogP contribution in [0, 0.1) is 5.41 Å². The summed E-state index contributed by atoms with van der Waals surface area (Å²) in [7, 11) is 0. The van der Waals surface area contributed by atoms with Crippen LogP contribution in [0.15, 0.2) is 60.7 Å². The van der Waals surface area contributed by atoms with Crippen molar-refractivity contribution in [3.05, 3.63) is 71.8 Å². The quantitative estimate of drug-likeness (QED) is 0.217. The number of carbonyl (C=O) groups excluding carboxylic acids is 2. The molecule has 0 bridgehead atoms. The summed E-state index contributed by atoms with van der Waals surface area (Å²) in [5, 5.41) is 41.7. The Kier molecular flexibility index (Phi) is 12.3. The number of hydrogen-bond acceptors (Lipinski definition) is 7. The van der Waals surface area contributed by atoms with Crippen molar-refractivity contribution in [1.29, 1.82) is 0 Å². The molecule has 9 heteroatoms. The van der Waals surface area contributed by atoms with E-state index in [-0.39, 0.29) is 13.1 Å². The molecule has 2 amide bonds. The van der Waals surface area contributed by atoms with Gasteiger partial charge in [-0.1, -0.05) is 81.4 Å². The lowest BCUT2D eigenvalue weighted by molar-refractivity contribution is -0.150. The van der Waals surface area contributed by atoms with Crippen LogP contribution in [0.4, 0.5) is 4.79 Å². The number of nitrogens with one attached hydrogen (secondary N) is 3. The van der Waals surface area contributed by atoms with E-state index < -0.39 is 52.9 Å². The van der Waals surface area contributed by atoms with Gasteiger partial charge >= 0.3 is 6.09 Å². The molecular weight excluding hydrogens is 522 g/mol. The van der Waals surface area contributed by atoms with Crippen molar-refractivity contribution in [3.63, 3.8) is 0 Å². The summed E-state index contributed by atoms with van der Waals surface area (Å²) in [5.41, 5.74) is -1.23. The second-order valence-corrected chi connectivity index (χ2v) is 12.8. The van der Waals surface area contributed by atoms with E-state index in [1.807, 2.05) is 60.7 Å². The number of hydrogen-bond donors (Lipinski definition) is 6. The zero-order valence-electron chi connectivity index (χ0n) is 25.5. The number of carbonyl (C=O) groups is 2. The summed E-state index contributed by atoms with van der Waals surface area (Å²) in [6.07, 6.45) is -1.95. The topological polar surface area (TPSA) is 140 Å². The Morgan fingerprint density at radius 2 is 1.15 bits per heavy atom. The predicted octanol–water partition coefficient (Wildman–Crippen LogP) is 2.96. The molecule has 5 atom stereocenters. The van der Waals surface area contributed by atoms with Gasteiger partial charge in [-0.15, -0.1) is 0 Å². The molecule has 0 aliphatic heterocycles. The second-order valence-electron chi connectivity index (χ2n) is 12.8. The summed E-state index contributed by atoms with van der Waals surface area (Å²) in [4.78, 5) is 25.6. The first kappa shape index (κ1) is 34.2. The molecule has 2 aromatic rings. The van der Waals surface area contributed by atoms with Gasteiger partial charge in [-0.05, 0) is 57.1 Å². The van der Waals surface area contributed by atoms with Gasteiger partial charge in [0, 0.05) is 13.1 Å². The van der Waals surface area contributed by atoms with E-state index in [2.05, 4.69) is 16.0 Å². The molecule has 0 saturated carbocycles. The molecule has 0 aromatic heterocycles. The van der Waals surface area contributed by atoms with Gasteiger partial charge in [0.05, 0.1) is 24.3 Å². The minimum Gasteiger partial charge on any atom is -0.444 e. The van der Waals surface area contributed by atoms with Crippen LogP contribution in [0.1, 0.15) is 59.6 Å². The maximum atomic E-state index is 13.1. The Hall–Kier alpha value is -2.98. The lowest BCUT2D eigenvalue weighted by Gasteiger charge is -2.37. The fourth-order valence-corrected chi connectivity index (χ4v) is 4.07. The van der Waals surface area contributed by atoms with E-state index in [1.54, 1.807) is 41.5 Å². The van der Waals surface area contributed by atoms with Crippen molar-refractivity contribution >= 4 is 12.0 Å². The number of aliphatic hydroxyl groups is 3. The normalized spacial score (nSPS) is 16.5. The highest BCUT2D eigenvalue weighted by atomic mass is 16.6. The molecular formula is C32H49N3O6. The van der Waals surface area contributed by atoms with Gasteiger partial charge < -0.3 is 36.0 Å². The zero-order valence-corrected chi connectivity index (χ0v) is 25.5. The number of aliphatic hydroxyl groups excluding tert-OH is 2. The third-order valence-electron chi connectivity index (χ3n) is 7.15. The van der Waals surface area contributed by atoms with Gasteiger partial charge in [0.2, 0.25) is 0 Å². The average molecular weight is 572 g/mol. The largest absolute Gasteiger partial charge is 0.444 e. The van der Waals surface area contributed by atoms with E-state index >= 15 is 0 Å². The number of amides is 2. The Morgan fingerprint density at radius 1 is 0.732 bits per heavy atom. The molecule has 0 aliphatic rings. The third-order valence-corrected chi connectivity index (χ3v) is 7.15. The highest BCUT2D eigenvalue weighted by Gasteiger charge is 2.43. The third kappa shape index (κ3) is 11.4. The fraction of sp³-hybridized carbons (Fsp3) is 0.562. The zero-order chi connectivity index (χ0) is 30.8. The van der Waals surface area contributed by atoms with Crippen LogP contribution in [0.2, 0.25) is 0 Å². The predicted molar refractivity (Wildman–Crippen MR) is 160 cm³/mol. The second kappa shape index (κ2) is 14.8. The van der Waals surface area contributed by atoms with E-state index in [4.69, 9.17) is 4.74 Å². The number of benzene rings is 2. The molecule has 2 aromatic carbocycles. The van der Waals surface area contributed by atoms with Gasteiger partial charge in [0.25, 0.3) is 5.91 Å². The molecule has 41 heavy (non-hydrogen) atoms. The minimum atomic E-state index is -1.66. The highest BCUT2D eigenvalue weighted by molar-refractivity contribution is 5.85. The van der Waals surface area contributed by atoms with E-state index in [9.17, 15) is 24.9 Å². The lowest BCUT2D eigenvalue weighted by atomic mass is 9.77. The van der Waals surface area contributed by atoms with E-state index in [0.29, 0.717) is 12.8 Å². The SMILES string of the molecule is CC(C)(C)OC(=O)N[C@@H](Cc1ccccc1)[C@H](O)CNC[C@@H](O)[C@H](Cc1ccccc1)NC(=O)[C@](C)(O)C(C)(C)C. The molecule has 0 spiro atoms. The smallest absolute Gasteiger partial charge is 0.407 e. The van der Waals surface area contributed by atoms with E-state index in [0.717, 1.165) is 11.1 Å². The van der Waals surface area contributed by atoms with Gasteiger partial charge in [0.15, 0.2) is 0 Å². The standard InChI is InChI=1S/C32H49N3O6/c1-30(2,3)32(7,40)28(38)34-24(18-22-14-10-8-11-15-22)26(36)20-33-21-27(37)25(19-23-16-12-9-13-17-23)35-29(39)41-31(4,5)6/h8-17,24-27,33,36-37,40H,18-21H2,1-7H3,(H,34,38)(H,35,39)/t24-,25-,26+,27+,32-/m0/s1. The monoisotopic (exact) mass is 571 g/mol. The Bertz CT molecular complexity index is 1080. The van der Waals surface area contributed by atoms with Gasteiger partial charge in [-0.25, -0.2) is 4.79 Å². The first-order valence-electron chi connectivity index (χ1n) is 14.2. The molecule has 0 heterocycles. The molecule has 0 aliphatic carbocycles. The Labute approximate surface area is 244 Å². The average Bonchev–Trinajstić information content (AvgIpc) is 2.87. The van der Waals surface area contributed by atoms with Crippen molar-refractivity contribution < 1.29 is 29.6 Å². The van der Waals surface area contributed by atoms with Crippen LogP contribution < -0.4 is 16.0 Å². The van der Waals surface area contributed by atoms with Crippen LogP contribution in [-0.4, -0.2) is 75.9 Å². The molecule has 0 radical (unpaired) electrons. The van der Waals surface area contributed by atoms with Gasteiger partial charge in [-0.2, -0.15) is 0 Å². The van der Waals surface area contributed by atoms with E-state index in [1.165, 1.54) is 6.92 Å². The molecule has 0 saturated heterocycles. The Balaban J connectivity index is 2.09. The first-order chi connectivity index (χ1) is 19.0. The van der Waals surface area contributed by atoms with Crippen molar-refractivity contribution in [2.45, 2.75) is 96.8 Å². The minimum absolute atomic E-state index is 0.0526. The number of ether oxygens (including phenoxy) is 1. The number of alkyl carbamates (subject to hydrolysis) is 1. The van der Waals surface area contributed by atoms with Gasteiger partial charge in [0.1, 0.15) is 11.2 Å². The molecule has 2 rings (SSSR count). The Morgan fingerprint density at radius 3 is 1.54 bits per heavy atom. The van der Waals surface area contributed by atoms with Crippen LogP contribution >= 0.6 is 0 Å². The fourth-order valence-electron chi connectivity index (χ4n) is 4.07. The lowest BCUT2D eigenvalue weighted by Crippen LogP contribution is -2.59. The van der Waals surface area contributed by atoms with Crippen LogP contribution in [0.3, 0.4) is 0 Å². The molecule has 228 valence electrons. The maximum absolute atomic E-state index is 13.1. The summed E-state index contributed by atoms with van der Waals surface area (Å²) in [6, 6.07) is 17.6. The molecule has 6 N–H and O–H groups in total. The molecule has 0 fully saturated rings. The van der Waals surface area contributed by atoms with Crippen molar-refractivity contribution in [1.82, 2.24) is 16.0 Å². The maximum Gasteiger partial charge on any atom is 0.407 e. The first-order valence-corrected chi connectivity index (χ1v) is 14.2. The van der Waals surface area contributed by atoms with Crippen LogP contribution in [0.25, 0.3) is 0 Å². The van der Waals surface area contributed by atoms with Crippen molar-refractivity contribution in [3.8, 4) is 0 Å². The molecule has 9 nitrogen and oxygen atoms in total. The number of rotatable bonds is 13. The highest BCUT2D eigenvalue weighted by Crippen LogP contribution is 2.30. The summed E-state index contributed by atoms with van der Waals surface area (Å²) < 4.78 is 5.39. The summed E-state index contributed by atoms with van der Waals surface area (Å²) >= 11 is 0. The van der Waals surface area contributed by atoms with Crippen molar-refractivity contribution in [2.75, 3.05) is 13.1 Å². The molecule has 0 unspecified atom stereocenters.